The Balaban J connectivity index is 1.83. The minimum atomic E-state index is -1.21. The SMILES string of the molecule is COc1cc(-c2oc3cc(OC4OC(CO)C(O)C(C)C4O)cc(OC)c3c(=O)c2OC)ccc1O. The number of ether oxygens (including phenoxy) is 5. The van der Waals surface area contributed by atoms with Crippen molar-refractivity contribution in [3.05, 3.63) is 40.6 Å². The van der Waals surface area contributed by atoms with Crippen LogP contribution < -0.4 is 24.4 Å². The monoisotopic (exact) mass is 504 g/mol. The molecule has 0 aliphatic carbocycles. The van der Waals surface area contributed by atoms with Gasteiger partial charge >= 0.3 is 0 Å². The molecular weight excluding hydrogens is 476 g/mol. The molecule has 0 saturated carbocycles. The zero-order valence-corrected chi connectivity index (χ0v) is 20.1. The molecule has 0 amide bonds. The number of hydrogen-bond donors (Lipinski definition) is 4. The van der Waals surface area contributed by atoms with Gasteiger partial charge in [-0.25, -0.2) is 0 Å². The van der Waals surface area contributed by atoms with E-state index in [0.717, 1.165) is 0 Å². The molecule has 0 bridgehead atoms. The highest BCUT2D eigenvalue weighted by Crippen LogP contribution is 2.39. The van der Waals surface area contributed by atoms with Crippen molar-refractivity contribution in [3.8, 4) is 40.1 Å². The lowest BCUT2D eigenvalue weighted by Gasteiger charge is -2.40. The number of aliphatic hydroxyl groups excluding tert-OH is 3. The van der Waals surface area contributed by atoms with Crippen LogP contribution in [-0.4, -0.2) is 73.0 Å². The fraction of sp³-hybridized carbons (Fsp3) is 0.400. The molecule has 2 aromatic carbocycles. The van der Waals surface area contributed by atoms with Crippen LogP contribution in [0.3, 0.4) is 0 Å². The predicted molar refractivity (Wildman–Crippen MR) is 127 cm³/mol. The van der Waals surface area contributed by atoms with Crippen LogP contribution in [0.2, 0.25) is 0 Å². The molecule has 1 saturated heterocycles. The van der Waals surface area contributed by atoms with E-state index < -0.39 is 42.6 Å². The maximum atomic E-state index is 13.4. The smallest absolute Gasteiger partial charge is 0.239 e. The van der Waals surface area contributed by atoms with Crippen molar-refractivity contribution in [1.29, 1.82) is 0 Å². The van der Waals surface area contributed by atoms with Gasteiger partial charge in [0.15, 0.2) is 17.3 Å². The molecule has 194 valence electrons. The first-order valence-electron chi connectivity index (χ1n) is 11.1. The van der Waals surface area contributed by atoms with Gasteiger partial charge in [-0.2, -0.15) is 0 Å². The molecule has 1 fully saturated rings. The minimum absolute atomic E-state index is 0.0816. The van der Waals surface area contributed by atoms with E-state index in [0.29, 0.717) is 5.56 Å². The molecule has 0 spiro atoms. The zero-order valence-electron chi connectivity index (χ0n) is 20.1. The third kappa shape index (κ3) is 4.42. The van der Waals surface area contributed by atoms with Crippen LogP contribution >= 0.6 is 0 Å². The van der Waals surface area contributed by atoms with Gasteiger partial charge < -0.3 is 48.5 Å². The van der Waals surface area contributed by atoms with Gasteiger partial charge in [0.2, 0.25) is 17.5 Å². The molecule has 2 heterocycles. The van der Waals surface area contributed by atoms with Gasteiger partial charge in [-0.3, -0.25) is 4.79 Å². The second-order valence-corrected chi connectivity index (χ2v) is 8.36. The first-order valence-corrected chi connectivity index (χ1v) is 11.1. The van der Waals surface area contributed by atoms with Crippen molar-refractivity contribution < 1.29 is 48.5 Å². The third-order valence-corrected chi connectivity index (χ3v) is 6.24. The second-order valence-electron chi connectivity index (χ2n) is 8.36. The molecule has 3 aromatic rings. The van der Waals surface area contributed by atoms with E-state index in [2.05, 4.69) is 0 Å². The summed E-state index contributed by atoms with van der Waals surface area (Å²) in [7, 11) is 4.09. The number of methoxy groups -OCH3 is 3. The highest BCUT2D eigenvalue weighted by molar-refractivity contribution is 5.88. The van der Waals surface area contributed by atoms with Crippen LogP contribution in [-0.2, 0) is 4.74 Å². The number of aromatic hydroxyl groups is 1. The summed E-state index contributed by atoms with van der Waals surface area (Å²) in [6.45, 7) is 1.15. The van der Waals surface area contributed by atoms with Crippen LogP contribution in [0.4, 0.5) is 0 Å². The van der Waals surface area contributed by atoms with Crippen LogP contribution in [0.1, 0.15) is 6.92 Å². The lowest BCUT2D eigenvalue weighted by molar-refractivity contribution is -0.260. The first-order chi connectivity index (χ1) is 17.2. The molecule has 4 N–H and O–H groups in total. The Morgan fingerprint density at radius 1 is 0.972 bits per heavy atom. The molecule has 5 unspecified atom stereocenters. The predicted octanol–water partition coefficient (Wildman–Crippen LogP) is 1.65. The summed E-state index contributed by atoms with van der Waals surface area (Å²) >= 11 is 0. The lowest BCUT2D eigenvalue weighted by Crippen LogP contribution is -2.56. The largest absolute Gasteiger partial charge is 0.504 e. The van der Waals surface area contributed by atoms with Gasteiger partial charge in [-0.05, 0) is 18.2 Å². The van der Waals surface area contributed by atoms with Gasteiger partial charge in [-0.15, -0.1) is 0 Å². The Kier molecular flexibility index (Phi) is 7.27. The topological polar surface area (TPSA) is 157 Å². The molecule has 1 aliphatic heterocycles. The van der Waals surface area contributed by atoms with E-state index >= 15 is 0 Å². The van der Waals surface area contributed by atoms with Crippen molar-refractivity contribution >= 4 is 11.0 Å². The molecule has 4 rings (SSSR count). The molecule has 11 nitrogen and oxygen atoms in total. The summed E-state index contributed by atoms with van der Waals surface area (Å²) in [6, 6.07) is 7.29. The van der Waals surface area contributed by atoms with Gasteiger partial charge in [0.25, 0.3) is 0 Å². The van der Waals surface area contributed by atoms with Gasteiger partial charge in [0, 0.05) is 23.6 Å². The number of aliphatic hydroxyl groups is 3. The number of hydrogen-bond acceptors (Lipinski definition) is 11. The Bertz CT molecular complexity index is 1300. The summed E-state index contributed by atoms with van der Waals surface area (Å²) in [5.41, 5.74) is -0.00469. The van der Waals surface area contributed by atoms with E-state index in [4.69, 9.17) is 28.1 Å². The molecule has 1 aromatic heterocycles. The second kappa shape index (κ2) is 10.2. The molecule has 0 radical (unpaired) electrons. The van der Waals surface area contributed by atoms with Crippen LogP contribution in [0.5, 0.6) is 28.7 Å². The van der Waals surface area contributed by atoms with Crippen LogP contribution in [0.15, 0.2) is 39.5 Å². The average Bonchev–Trinajstić information content (AvgIpc) is 2.88. The summed E-state index contributed by atoms with van der Waals surface area (Å²) in [6.07, 6.45) is -4.44. The minimum Gasteiger partial charge on any atom is -0.504 e. The van der Waals surface area contributed by atoms with Crippen molar-refractivity contribution in [2.75, 3.05) is 27.9 Å². The fourth-order valence-corrected chi connectivity index (χ4v) is 4.17. The Hall–Kier alpha value is -3.51. The molecule has 36 heavy (non-hydrogen) atoms. The van der Waals surface area contributed by atoms with Gasteiger partial charge in [0.1, 0.15) is 34.7 Å². The first kappa shape index (κ1) is 25.6. The zero-order chi connectivity index (χ0) is 26.1. The fourth-order valence-electron chi connectivity index (χ4n) is 4.17. The summed E-state index contributed by atoms with van der Waals surface area (Å²) in [4.78, 5) is 13.4. The van der Waals surface area contributed by atoms with Crippen molar-refractivity contribution in [3.63, 3.8) is 0 Å². The van der Waals surface area contributed by atoms with E-state index in [1.165, 1.54) is 51.7 Å². The standard InChI is InChI=1S/C25H28O11/c1-11-20(28)18(10-26)36-25(21(11)29)34-13-8-16(32-3)19-17(9-13)35-23(24(33-4)22(19)30)12-5-6-14(27)15(7-12)31-2/h5-9,11,18,20-21,25-29H,10H2,1-4H3. The van der Waals surface area contributed by atoms with Crippen molar-refractivity contribution in [1.82, 2.24) is 0 Å². The molecular formula is C25H28O11. The quantitative estimate of drug-likeness (QED) is 0.371. The number of phenols is 1. The van der Waals surface area contributed by atoms with Gasteiger partial charge in [-0.1, -0.05) is 6.92 Å². The lowest BCUT2D eigenvalue weighted by atomic mass is 9.91. The normalized spacial score (nSPS) is 23.9. The van der Waals surface area contributed by atoms with E-state index in [1.807, 2.05) is 0 Å². The van der Waals surface area contributed by atoms with Crippen LogP contribution in [0, 0.1) is 5.92 Å². The Morgan fingerprint density at radius 3 is 2.33 bits per heavy atom. The highest BCUT2D eigenvalue weighted by atomic mass is 16.7. The number of benzene rings is 2. The average molecular weight is 504 g/mol. The summed E-state index contributed by atoms with van der Waals surface area (Å²) < 4.78 is 33.4. The number of phenolic OH excluding ortho intramolecular Hbond substituents is 1. The molecule has 5 atom stereocenters. The van der Waals surface area contributed by atoms with E-state index in [1.54, 1.807) is 6.92 Å². The van der Waals surface area contributed by atoms with Crippen molar-refractivity contribution in [2.45, 2.75) is 31.5 Å². The third-order valence-electron chi connectivity index (χ3n) is 6.24. The maximum absolute atomic E-state index is 13.4. The summed E-state index contributed by atoms with van der Waals surface area (Å²) in [5.74, 6) is -0.285. The Labute approximate surface area is 206 Å². The Morgan fingerprint density at radius 2 is 1.69 bits per heavy atom. The van der Waals surface area contributed by atoms with E-state index in [-0.39, 0.29) is 45.5 Å². The van der Waals surface area contributed by atoms with Crippen molar-refractivity contribution in [2.24, 2.45) is 5.92 Å². The van der Waals surface area contributed by atoms with Crippen LogP contribution in [0.25, 0.3) is 22.3 Å². The summed E-state index contributed by atoms with van der Waals surface area (Å²) in [5, 5.41) is 40.3. The highest BCUT2D eigenvalue weighted by Gasteiger charge is 2.43. The van der Waals surface area contributed by atoms with Gasteiger partial charge in [0.05, 0.1) is 34.0 Å². The maximum Gasteiger partial charge on any atom is 0.239 e. The molecule has 1 aliphatic rings. The number of rotatable bonds is 7. The van der Waals surface area contributed by atoms with E-state index in [9.17, 15) is 25.2 Å². The number of fused-ring (bicyclic) bond motifs is 1. The molecule has 11 heteroatoms.